The van der Waals surface area contributed by atoms with Crippen LogP contribution in [0.15, 0.2) is 6.07 Å². The van der Waals surface area contributed by atoms with Crippen molar-refractivity contribution in [1.82, 2.24) is 19.8 Å². The summed E-state index contributed by atoms with van der Waals surface area (Å²) < 4.78 is 0. The number of carbonyl (C=O) groups excluding carboxylic acids is 1. The summed E-state index contributed by atoms with van der Waals surface area (Å²) in [6.07, 6.45) is 12.3. The topological polar surface area (TPSA) is 49.3 Å². The highest BCUT2D eigenvalue weighted by Gasteiger charge is 2.43. The van der Waals surface area contributed by atoms with E-state index in [4.69, 9.17) is 0 Å². The van der Waals surface area contributed by atoms with E-state index in [-0.39, 0.29) is 5.91 Å². The lowest BCUT2D eigenvalue weighted by Gasteiger charge is -2.41. The molecule has 154 valence electrons. The van der Waals surface area contributed by atoms with Crippen molar-refractivity contribution in [2.75, 3.05) is 32.7 Å². The van der Waals surface area contributed by atoms with E-state index in [9.17, 15) is 4.79 Å². The fourth-order valence-electron chi connectivity index (χ4n) is 5.77. The Morgan fingerprint density at radius 2 is 1.89 bits per heavy atom. The molecule has 1 atom stereocenters. The van der Waals surface area contributed by atoms with Crippen molar-refractivity contribution < 1.29 is 4.79 Å². The van der Waals surface area contributed by atoms with Gasteiger partial charge in [-0.2, -0.15) is 0 Å². The van der Waals surface area contributed by atoms with Gasteiger partial charge in [0.1, 0.15) is 11.5 Å². The number of aryl methyl sites for hydroxylation is 2. The molecule has 0 bridgehead atoms. The monoisotopic (exact) mass is 384 g/mol. The van der Waals surface area contributed by atoms with Gasteiger partial charge in [-0.15, -0.1) is 0 Å². The maximum atomic E-state index is 13.0. The Labute approximate surface area is 169 Å². The smallest absolute Gasteiger partial charge is 0.272 e. The third kappa shape index (κ3) is 4.56. The lowest BCUT2D eigenvalue weighted by Crippen LogP contribution is -2.46. The molecule has 2 saturated heterocycles. The highest BCUT2D eigenvalue weighted by Crippen LogP contribution is 2.39. The molecule has 1 aromatic rings. The number of hydrogen-bond acceptors (Lipinski definition) is 4. The first-order chi connectivity index (χ1) is 13.5. The van der Waals surface area contributed by atoms with Gasteiger partial charge < -0.3 is 9.80 Å². The zero-order valence-electron chi connectivity index (χ0n) is 17.8. The Morgan fingerprint density at radius 1 is 1.07 bits per heavy atom. The molecule has 28 heavy (non-hydrogen) atoms. The minimum absolute atomic E-state index is 0.0878. The van der Waals surface area contributed by atoms with Crippen molar-refractivity contribution in [1.29, 1.82) is 0 Å². The van der Waals surface area contributed by atoms with Crippen LogP contribution in [0, 0.1) is 25.2 Å². The van der Waals surface area contributed by atoms with Gasteiger partial charge in [0.05, 0.1) is 0 Å². The molecule has 1 amide bonds. The molecule has 1 spiro atoms. The van der Waals surface area contributed by atoms with Gasteiger partial charge in [-0.25, -0.2) is 9.97 Å². The third-order valence-corrected chi connectivity index (χ3v) is 7.23. The number of piperidine rings is 1. The average molecular weight is 385 g/mol. The molecular formula is C23H36N4O. The molecule has 3 heterocycles. The molecule has 0 radical (unpaired) electrons. The Balaban J connectivity index is 1.34. The van der Waals surface area contributed by atoms with E-state index < -0.39 is 0 Å². The van der Waals surface area contributed by atoms with Crippen molar-refractivity contribution in [3.63, 3.8) is 0 Å². The van der Waals surface area contributed by atoms with Gasteiger partial charge in [-0.1, -0.05) is 32.1 Å². The fraction of sp³-hybridized carbons (Fsp3) is 0.783. The maximum Gasteiger partial charge on any atom is 0.272 e. The van der Waals surface area contributed by atoms with Crippen LogP contribution in [0.4, 0.5) is 0 Å². The molecule has 3 aliphatic rings. The fourth-order valence-corrected chi connectivity index (χ4v) is 5.77. The second-order valence-electron chi connectivity index (χ2n) is 9.59. The Hall–Kier alpha value is -1.49. The summed E-state index contributed by atoms with van der Waals surface area (Å²) >= 11 is 0. The van der Waals surface area contributed by atoms with E-state index in [1.54, 1.807) is 0 Å². The summed E-state index contributed by atoms with van der Waals surface area (Å²) in [5.41, 5.74) is 1.74. The van der Waals surface area contributed by atoms with Crippen LogP contribution >= 0.6 is 0 Å². The maximum absolute atomic E-state index is 13.0. The quantitative estimate of drug-likeness (QED) is 0.787. The summed E-state index contributed by atoms with van der Waals surface area (Å²) in [5, 5.41) is 0. The van der Waals surface area contributed by atoms with Gasteiger partial charge >= 0.3 is 0 Å². The van der Waals surface area contributed by atoms with Gasteiger partial charge in [-0.05, 0) is 64.6 Å². The number of nitrogens with zero attached hydrogens (tertiary/aromatic N) is 4. The molecule has 1 aliphatic carbocycles. The number of likely N-dealkylation sites (tertiary alicyclic amines) is 2. The summed E-state index contributed by atoms with van der Waals surface area (Å²) in [5.74, 6) is 1.73. The number of hydrogen-bond donors (Lipinski definition) is 0. The minimum Gasteiger partial charge on any atom is -0.337 e. The highest BCUT2D eigenvalue weighted by atomic mass is 16.2. The van der Waals surface area contributed by atoms with Crippen LogP contribution in [0.25, 0.3) is 0 Å². The number of aromatic nitrogens is 2. The van der Waals surface area contributed by atoms with Crippen molar-refractivity contribution in [3.8, 4) is 0 Å². The molecule has 3 fully saturated rings. The predicted molar refractivity (Wildman–Crippen MR) is 111 cm³/mol. The lowest BCUT2D eigenvalue weighted by molar-refractivity contribution is 0.0669. The number of carbonyl (C=O) groups is 1. The number of amides is 1. The molecule has 2 aliphatic heterocycles. The third-order valence-electron chi connectivity index (χ3n) is 7.23. The second kappa shape index (κ2) is 8.48. The first kappa shape index (κ1) is 19.8. The predicted octanol–water partition coefficient (Wildman–Crippen LogP) is 3.99. The van der Waals surface area contributed by atoms with E-state index in [1.807, 2.05) is 24.8 Å². The summed E-state index contributed by atoms with van der Waals surface area (Å²) in [7, 11) is 0. The molecule has 5 heteroatoms. The molecular weight excluding hydrogens is 348 g/mol. The second-order valence-corrected chi connectivity index (χ2v) is 9.59. The van der Waals surface area contributed by atoms with Crippen LogP contribution in [-0.2, 0) is 0 Å². The Bertz CT molecular complexity index is 680. The Morgan fingerprint density at radius 3 is 2.68 bits per heavy atom. The summed E-state index contributed by atoms with van der Waals surface area (Å²) in [4.78, 5) is 26.5. The molecule has 1 aromatic heterocycles. The van der Waals surface area contributed by atoms with Crippen molar-refractivity contribution in [2.45, 2.75) is 71.6 Å². The molecule has 1 saturated carbocycles. The number of rotatable bonds is 4. The van der Waals surface area contributed by atoms with E-state index in [0.717, 1.165) is 31.1 Å². The minimum atomic E-state index is 0.0878. The first-order valence-corrected chi connectivity index (χ1v) is 11.4. The molecule has 0 N–H and O–H groups in total. The lowest BCUT2D eigenvalue weighted by atomic mass is 9.79. The first-order valence-electron chi connectivity index (χ1n) is 11.4. The van der Waals surface area contributed by atoms with Gasteiger partial charge in [0.15, 0.2) is 0 Å². The SMILES string of the molecule is Cc1cc(C(=O)N2CC[C@]3(CCCN(CCC4CCCCC4)C3)C2)nc(C)n1. The summed E-state index contributed by atoms with van der Waals surface area (Å²) in [6, 6.07) is 1.83. The van der Waals surface area contributed by atoms with Gasteiger partial charge in [0.25, 0.3) is 5.91 Å². The van der Waals surface area contributed by atoms with E-state index in [2.05, 4.69) is 14.9 Å². The zero-order chi connectivity index (χ0) is 19.6. The van der Waals surface area contributed by atoms with Crippen LogP contribution in [0.5, 0.6) is 0 Å². The van der Waals surface area contributed by atoms with Crippen molar-refractivity contribution in [2.24, 2.45) is 11.3 Å². The molecule has 0 aromatic carbocycles. The zero-order valence-corrected chi connectivity index (χ0v) is 17.8. The van der Waals surface area contributed by atoms with Crippen molar-refractivity contribution in [3.05, 3.63) is 23.3 Å². The van der Waals surface area contributed by atoms with E-state index in [0.29, 0.717) is 16.9 Å². The van der Waals surface area contributed by atoms with Crippen LogP contribution in [0.1, 0.15) is 79.8 Å². The summed E-state index contributed by atoms with van der Waals surface area (Å²) in [6.45, 7) is 9.23. The van der Waals surface area contributed by atoms with Gasteiger partial charge in [-0.3, -0.25) is 4.79 Å². The van der Waals surface area contributed by atoms with Crippen molar-refractivity contribution >= 4 is 5.91 Å². The van der Waals surface area contributed by atoms with Gasteiger partial charge in [0, 0.05) is 30.7 Å². The largest absolute Gasteiger partial charge is 0.337 e. The van der Waals surface area contributed by atoms with Crippen LogP contribution < -0.4 is 0 Å². The standard InChI is InChI=1S/C23H36N4O/c1-18-15-21(25-19(2)24-18)22(28)27-14-11-23(17-27)10-6-12-26(16-23)13-9-20-7-4-3-5-8-20/h15,20H,3-14,16-17H2,1-2H3/t23-/m0/s1. The molecule has 4 rings (SSSR count). The van der Waals surface area contributed by atoms with Crippen LogP contribution in [0.3, 0.4) is 0 Å². The van der Waals surface area contributed by atoms with Crippen LogP contribution in [0.2, 0.25) is 0 Å². The van der Waals surface area contributed by atoms with Gasteiger partial charge in [0.2, 0.25) is 0 Å². The average Bonchev–Trinajstić information content (AvgIpc) is 3.09. The normalized spacial score (nSPS) is 26.9. The van der Waals surface area contributed by atoms with E-state index in [1.165, 1.54) is 71.0 Å². The van der Waals surface area contributed by atoms with E-state index >= 15 is 0 Å². The van der Waals surface area contributed by atoms with Crippen LogP contribution in [-0.4, -0.2) is 58.4 Å². The highest BCUT2D eigenvalue weighted by molar-refractivity contribution is 5.92. The molecule has 0 unspecified atom stereocenters. The Kier molecular flexibility index (Phi) is 6.00. The molecule has 5 nitrogen and oxygen atoms in total.